The maximum Gasteiger partial charge on any atom is 0.237 e. The van der Waals surface area contributed by atoms with Crippen LogP contribution in [0.4, 0.5) is 0 Å². The molecule has 3 heteroatoms. The van der Waals surface area contributed by atoms with Gasteiger partial charge >= 0.3 is 0 Å². The summed E-state index contributed by atoms with van der Waals surface area (Å²) in [6.07, 6.45) is 9.43. The van der Waals surface area contributed by atoms with Gasteiger partial charge < -0.3 is 11.1 Å². The number of unbranched alkanes of at least 4 members (excludes halogenated alkanes) is 1. The van der Waals surface area contributed by atoms with Crippen molar-refractivity contribution in [3.8, 4) is 0 Å². The van der Waals surface area contributed by atoms with Crippen molar-refractivity contribution >= 4 is 5.91 Å². The molecule has 1 aliphatic rings. The molecule has 0 aromatic carbocycles. The lowest BCUT2D eigenvalue weighted by Crippen LogP contribution is -2.47. The number of nitrogens with two attached hydrogens (primary N) is 1. The van der Waals surface area contributed by atoms with Crippen molar-refractivity contribution in [2.75, 3.05) is 0 Å². The lowest BCUT2D eigenvalue weighted by Gasteiger charge is -2.29. The van der Waals surface area contributed by atoms with Crippen molar-refractivity contribution in [1.29, 1.82) is 0 Å². The summed E-state index contributed by atoms with van der Waals surface area (Å²) in [5, 5.41) is 3.09. The molecule has 0 heterocycles. The standard InChI is InChI=1S/C14H28N2O/c1-3-4-10-13(15)14(17)16-11(2)12-8-6-5-7-9-12/h11-13H,3-10,15H2,1-2H3,(H,16,17)/t11-,13?/m1/s1. The summed E-state index contributed by atoms with van der Waals surface area (Å²) in [6, 6.07) is -0.0310. The van der Waals surface area contributed by atoms with Gasteiger partial charge in [0.1, 0.15) is 0 Å². The first-order valence-corrected chi connectivity index (χ1v) is 7.21. The number of hydrogen-bond acceptors (Lipinski definition) is 2. The molecule has 1 amide bonds. The number of amides is 1. The van der Waals surface area contributed by atoms with E-state index >= 15 is 0 Å². The highest BCUT2D eigenvalue weighted by atomic mass is 16.2. The highest BCUT2D eigenvalue weighted by Gasteiger charge is 2.23. The number of hydrogen-bond donors (Lipinski definition) is 2. The minimum Gasteiger partial charge on any atom is -0.352 e. The maximum absolute atomic E-state index is 11.9. The molecule has 0 spiro atoms. The fourth-order valence-corrected chi connectivity index (χ4v) is 2.64. The van der Waals surface area contributed by atoms with Crippen LogP contribution in [-0.4, -0.2) is 18.0 Å². The Balaban J connectivity index is 2.28. The molecule has 1 rings (SSSR count). The van der Waals surface area contributed by atoms with Crippen LogP contribution < -0.4 is 11.1 Å². The first-order valence-electron chi connectivity index (χ1n) is 7.21. The third-order valence-electron chi connectivity index (χ3n) is 3.93. The fraction of sp³-hybridized carbons (Fsp3) is 0.929. The third-order valence-corrected chi connectivity index (χ3v) is 3.93. The summed E-state index contributed by atoms with van der Waals surface area (Å²) in [7, 11) is 0. The van der Waals surface area contributed by atoms with Crippen molar-refractivity contribution < 1.29 is 4.79 Å². The van der Waals surface area contributed by atoms with Crippen molar-refractivity contribution in [3.05, 3.63) is 0 Å². The van der Waals surface area contributed by atoms with Crippen molar-refractivity contribution in [2.24, 2.45) is 11.7 Å². The van der Waals surface area contributed by atoms with Crippen LogP contribution in [0.15, 0.2) is 0 Å². The summed E-state index contributed by atoms with van der Waals surface area (Å²) >= 11 is 0. The Hall–Kier alpha value is -0.570. The van der Waals surface area contributed by atoms with Gasteiger partial charge in [-0.05, 0) is 32.1 Å². The Morgan fingerprint density at radius 2 is 2.00 bits per heavy atom. The van der Waals surface area contributed by atoms with Gasteiger partial charge in [0.2, 0.25) is 5.91 Å². The molecule has 0 aliphatic heterocycles. The first kappa shape index (κ1) is 14.5. The largest absolute Gasteiger partial charge is 0.352 e. The zero-order valence-corrected chi connectivity index (χ0v) is 11.4. The third kappa shape index (κ3) is 5.07. The minimum atomic E-state index is -0.319. The molecule has 2 atom stereocenters. The van der Waals surface area contributed by atoms with E-state index in [1.165, 1.54) is 32.1 Å². The molecule has 0 radical (unpaired) electrons. The molecule has 1 aliphatic carbocycles. The monoisotopic (exact) mass is 240 g/mol. The summed E-state index contributed by atoms with van der Waals surface area (Å²) in [6.45, 7) is 4.25. The molecule has 0 bridgehead atoms. The Morgan fingerprint density at radius 3 is 2.59 bits per heavy atom. The maximum atomic E-state index is 11.9. The van der Waals surface area contributed by atoms with Crippen LogP contribution in [0.25, 0.3) is 0 Å². The van der Waals surface area contributed by atoms with Crippen LogP contribution in [0.5, 0.6) is 0 Å². The van der Waals surface area contributed by atoms with E-state index in [9.17, 15) is 4.79 Å². The highest BCUT2D eigenvalue weighted by Crippen LogP contribution is 2.26. The Labute approximate surface area is 106 Å². The number of nitrogens with one attached hydrogen (secondary N) is 1. The number of carbonyl (C=O) groups excluding carboxylic acids is 1. The van der Waals surface area contributed by atoms with Crippen LogP contribution >= 0.6 is 0 Å². The summed E-state index contributed by atoms with van der Waals surface area (Å²) < 4.78 is 0. The lowest BCUT2D eigenvalue weighted by molar-refractivity contribution is -0.123. The van der Waals surface area contributed by atoms with E-state index in [0.717, 1.165) is 19.3 Å². The summed E-state index contributed by atoms with van der Waals surface area (Å²) in [4.78, 5) is 11.9. The Bertz CT molecular complexity index is 224. The van der Waals surface area contributed by atoms with E-state index in [0.29, 0.717) is 5.92 Å². The molecule has 3 N–H and O–H groups in total. The van der Waals surface area contributed by atoms with E-state index in [-0.39, 0.29) is 18.0 Å². The summed E-state index contributed by atoms with van der Waals surface area (Å²) in [5.74, 6) is 0.697. The average Bonchev–Trinajstić information content (AvgIpc) is 2.36. The molecule has 1 saturated carbocycles. The van der Waals surface area contributed by atoms with Crippen LogP contribution in [0, 0.1) is 5.92 Å². The van der Waals surface area contributed by atoms with Gasteiger partial charge in [-0.25, -0.2) is 0 Å². The van der Waals surface area contributed by atoms with Gasteiger partial charge in [0.25, 0.3) is 0 Å². The van der Waals surface area contributed by atoms with Gasteiger partial charge in [-0.15, -0.1) is 0 Å². The topological polar surface area (TPSA) is 55.1 Å². The van der Waals surface area contributed by atoms with Gasteiger partial charge in [0, 0.05) is 6.04 Å². The van der Waals surface area contributed by atoms with Crippen LogP contribution in [-0.2, 0) is 4.79 Å². The second kappa shape index (κ2) is 7.70. The quantitative estimate of drug-likeness (QED) is 0.750. The van der Waals surface area contributed by atoms with Gasteiger partial charge in [0.05, 0.1) is 6.04 Å². The molecular formula is C14H28N2O. The van der Waals surface area contributed by atoms with Crippen molar-refractivity contribution in [1.82, 2.24) is 5.32 Å². The van der Waals surface area contributed by atoms with Crippen molar-refractivity contribution in [3.63, 3.8) is 0 Å². The predicted molar refractivity (Wildman–Crippen MR) is 71.7 cm³/mol. The van der Waals surface area contributed by atoms with Gasteiger partial charge in [-0.3, -0.25) is 4.79 Å². The van der Waals surface area contributed by atoms with Gasteiger partial charge in [-0.2, -0.15) is 0 Å². The van der Waals surface area contributed by atoms with Crippen LogP contribution in [0.3, 0.4) is 0 Å². The van der Waals surface area contributed by atoms with E-state index in [2.05, 4.69) is 19.2 Å². The molecule has 17 heavy (non-hydrogen) atoms. The van der Waals surface area contributed by atoms with E-state index < -0.39 is 0 Å². The molecule has 3 nitrogen and oxygen atoms in total. The molecule has 0 saturated heterocycles. The number of carbonyl (C=O) groups is 1. The average molecular weight is 240 g/mol. The predicted octanol–water partition coefficient (Wildman–Crippen LogP) is 2.59. The molecular weight excluding hydrogens is 212 g/mol. The zero-order chi connectivity index (χ0) is 12.7. The van der Waals surface area contributed by atoms with Gasteiger partial charge in [-0.1, -0.05) is 39.0 Å². The second-order valence-corrected chi connectivity index (χ2v) is 5.44. The Morgan fingerprint density at radius 1 is 1.35 bits per heavy atom. The normalized spacial score (nSPS) is 20.9. The zero-order valence-electron chi connectivity index (χ0n) is 11.4. The summed E-state index contributed by atoms with van der Waals surface area (Å²) in [5.41, 5.74) is 5.87. The highest BCUT2D eigenvalue weighted by molar-refractivity contribution is 5.81. The SMILES string of the molecule is CCCCC(N)C(=O)N[C@H](C)C1CCCCC1. The molecule has 1 unspecified atom stereocenters. The fourth-order valence-electron chi connectivity index (χ4n) is 2.64. The number of rotatable bonds is 6. The van der Waals surface area contributed by atoms with Crippen LogP contribution in [0.1, 0.15) is 65.2 Å². The second-order valence-electron chi connectivity index (χ2n) is 5.44. The molecule has 100 valence electrons. The van der Waals surface area contributed by atoms with Crippen LogP contribution in [0.2, 0.25) is 0 Å². The van der Waals surface area contributed by atoms with E-state index in [4.69, 9.17) is 5.73 Å². The lowest BCUT2D eigenvalue weighted by atomic mass is 9.84. The molecule has 1 fully saturated rings. The van der Waals surface area contributed by atoms with Crippen molar-refractivity contribution in [2.45, 2.75) is 77.3 Å². The Kier molecular flexibility index (Phi) is 6.56. The molecule has 0 aromatic rings. The van der Waals surface area contributed by atoms with Gasteiger partial charge in [0.15, 0.2) is 0 Å². The smallest absolute Gasteiger partial charge is 0.237 e. The van der Waals surface area contributed by atoms with E-state index in [1.54, 1.807) is 0 Å². The first-order chi connectivity index (χ1) is 8.15. The molecule has 0 aromatic heterocycles. The minimum absolute atomic E-state index is 0.0384. The van der Waals surface area contributed by atoms with E-state index in [1.807, 2.05) is 0 Å².